The van der Waals surface area contributed by atoms with Crippen LogP contribution < -0.4 is 0 Å². The zero-order valence-electron chi connectivity index (χ0n) is 9.69. The van der Waals surface area contributed by atoms with Gasteiger partial charge in [-0.3, -0.25) is 4.79 Å². The van der Waals surface area contributed by atoms with Crippen molar-refractivity contribution in [2.75, 3.05) is 0 Å². The third-order valence-corrected chi connectivity index (χ3v) is 3.89. The summed E-state index contributed by atoms with van der Waals surface area (Å²) in [5.74, 6) is -0.0677. The Morgan fingerprint density at radius 1 is 1.31 bits per heavy atom. The van der Waals surface area contributed by atoms with Crippen molar-refractivity contribution in [1.29, 1.82) is 0 Å². The first-order chi connectivity index (χ1) is 7.73. The maximum atomic E-state index is 11.5. The largest absolute Gasteiger partial charge is 0.481 e. The summed E-state index contributed by atoms with van der Waals surface area (Å²) in [5.41, 5.74) is -0.561. The van der Waals surface area contributed by atoms with E-state index in [1.54, 1.807) is 0 Å². The molecule has 2 aliphatic rings. The molecule has 0 radical (unpaired) electrons. The van der Waals surface area contributed by atoms with E-state index in [4.69, 9.17) is 0 Å². The molecule has 2 unspecified atom stereocenters. The highest BCUT2D eigenvalue weighted by atomic mass is 16.4. The number of hydrogen-bond acceptors (Lipinski definition) is 1. The zero-order chi connectivity index (χ0) is 11.4. The molecule has 0 bridgehead atoms. The molecule has 1 N–H and O–H groups in total. The Morgan fingerprint density at radius 2 is 2.19 bits per heavy atom. The maximum absolute atomic E-state index is 11.5. The zero-order valence-corrected chi connectivity index (χ0v) is 9.69. The first-order valence-corrected chi connectivity index (χ1v) is 6.29. The van der Waals surface area contributed by atoms with Gasteiger partial charge in [0.05, 0.1) is 5.41 Å². The van der Waals surface area contributed by atoms with Gasteiger partial charge in [-0.25, -0.2) is 0 Å². The summed E-state index contributed by atoms with van der Waals surface area (Å²) in [6.07, 6.45) is 15.4. The van der Waals surface area contributed by atoms with Crippen LogP contribution in [0.15, 0.2) is 24.3 Å². The number of aliphatic carboxylic acids is 1. The van der Waals surface area contributed by atoms with Crippen LogP contribution in [0.1, 0.15) is 44.9 Å². The van der Waals surface area contributed by atoms with E-state index >= 15 is 0 Å². The minimum Gasteiger partial charge on any atom is -0.481 e. The van der Waals surface area contributed by atoms with Crippen LogP contribution in [0.5, 0.6) is 0 Å². The lowest BCUT2D eigenvalue weighted by atomic mass is 9.71. The fourth-order valence-corrected chi connectivity index (χ4v) is 2.92. The first-order valence-electron chi connectivity index (χ1n) is 6.29. The Morgan fingerprint density at radius 3 is 2.75 bits per heavy atom. The normalized spacial score (nSPS) is 33.9. The molecule has 2 aliphatic carbocycles. The first kappa shape index (κ1) is 11.4. The van der Waals surface area contributed by atoms with Gasteiger partial charge in [0.1, 0.15) is 0 Å². The number of carboxylic acid groups (broad SMARTS) is 1. The van der Waals surface area contributed by atoms with Crippen LogP contribution in [0.3, 0.4) is 0 Å². The van der Waals surface area contributed by atoms with Crippen molar-refractivity contribution in [2.45, 2.75) is 44.9 Å². The van der Waals surface area contributed by atoms with Gasteiger partial charge in [-0.15, -0.1) is 0 Å². The van der Waals surface area contributed by atoms with E-state index in [1.165, 1.54) is 0 Å². The average molecular weight is 220 g/mol. The van der Waals surface area contributed by atoms with E-state index in [0.29, 0.717) is 5.92 Å². The number of carboxylic acids is 1. The molecule has 2 rings (SSSR count). The number of carbonyl (C=O) groups is 1. The molecule has 0 fully saturated rings. The monoisotopic (exact) mass is 220 g/mol. The van der Waals surface area contributed by atoms with E-state index in [9.17, 15) is 9.90 Å². The molecule has 2 atom stereocenters. The van der Waals surface area contributed by atoms with Crippen LogP contribution in [0.25, 0.3) is 0 Å². The molecule has 0 aromatic carbocycles. The van der Waals surface area contributed by atoms with Gasteiger partial charge < -0.3 is 5.11 Å². The summed E-state index contributed by atoms with van der Waals surface area (Å²) in [6, 6.07) is 0. The van der Waals surface area contributed by atoms with Gasteiger partial charge in [0.15, 0.2) is 0 Å². The fraction of sp³-hybridized carbons (Fsp3) is 0.643. The Kier molecular flexibility index (Phi) is 3.47. The van der Waals surface area contributed by atoms with E-state index < -0.39 is 11.4 Å². The summed E-state index contributed by atoms with van der Waals surface area (Å²) in [5, 5.41) is 9.45. The van der Waals surface area contributed by atoms with Crippen molar-refractivity contribution < 1.29 is 9.90 Å². The molecule has 2 heteroatoms. The van der Waals surface area contributed by atoms with E-state index in [2.05, 4.69) is 18.2 Å². The fourth-order valence-electron chi connectivity index (χ4n) is 2.92. The van der Waals surface area contributed by atoms with E-state index in [0.717, 1.165) is 44.9 Å². The van der Waals surface area contributed by atoms with Crippen LogP contribution in [0.2, 0.25) is 0 Å². The lowest BCUT2D eigenvalue weighted by Gasteiger charge is -2.33. The highest BCUT2D eigenvalue weighted by molar-refractivity contribution is 5.77. The van der Waals surface area contributed by atoms with Crippen molar-refractivity contribution in [1.82, 2.24) is 0 Å². The van der Waals surface area contributed by atoms with Gasteiger partial charge >= 0.3 is 5.97 Å². The van der Waals surface area contributed by atoms with Gasteiger partial charge in [0.25, 0.3) is 0 Å². The van der Waals surface area contributed by atoms with Gasteiger partial charge in [0, 0.05) is 0 Å². The van der Waals surface area contributed by atoms with Crippen molar-refractivity contribution in [3.8, 4) is 0 Å². The summed E-state index contributed by atoms with van der Waals surface area (Å²) in [4.78, 5) is 11.5. The highest BCUT2D eigenvalue weighted by Gasteiger charge is 2.38. The molecule has 0 heterocycles. The molecule has 0 aliphatic heterocycles. The van der Waals surface area contributed by atoms with Gasteiger partial charge in [-0.1, -0.05) is 24.3 Å². The molecule has 2 nitrogen and oxygen atoms in total. The summed E-state index contributed by atoms with van der Waals surface area (Å²) >= 11 is 0. The minimum atomic E-state index is -0.627. The second-order valence-electron chi connectivity index (χ2n) is 5.11. The molecular formula is C14H20O2. The van der Waals surface area contributed by atoms with E-state index in [-0.39, 0.29) is 0 Å². The molecular weight excluding hydrogens is 200 g/mol. The van der Waals surface area contributed by atoms with Crippen molar-refractivity contribution in [3.05, 3.63) is 24.3 Å². The smallest absolute Gasteiger partial charge is 0.313 e. The number of hydrogen-bond donors (Lipinski definition) is 1. The van der Waals surface area contributed by atoms with Crippen molar-refractivity contribution >= 4 is 5.97 Å². The second-order valence-corrected chi connectivity index (χ2v) is 5.11. The average Bonchev–Trinajstić information content (AvgIpc) is 2.31. The number of allylic oxidation sites excluding steroid dienone is 3. The summed E-state index contributed by atoms with van der Waals surface area (Å²) < 4.78 is 0. The molecule has 16 heavy (non-hydrogen) atoms. The SMILES string of the molecule is O=C(O)C1(CC2CC=CCC2)C=CCCC1. The maximum Gasteiger partial charge on any atom is 0.313 e. The Bertz CT molecular complexity index is 317. The Hall–Kier alpha value is -1.05. The van der Waals surface area contributed by atoms with Gasteiger partial charge in [-0.2, -0.15) is 0 Å². The van der Waals surface area contributed by atoms with Gasteiger partial charge in [-0.05, 0) is 50.9 Å². The van der Waals surface area contributed by atoms with Crippen molar-refractivity contribution in [3.63, 3.8) is 0 Å². The summed E-state index contributed by atoms with van der Waals surface area (Å²) in [6.45, 7) is 0. The number of rotatable bonds is 3. The van der Waals surface area contributed by atoms with E-state index in [1.807, 2.05) is 6.08 Å². The molecule has 0 amide bonds. The lowest BCUT2D eigenvalue weighted by Crippen LogP contribution is -2.33. The third-order valence-electron chi connectivity index (χ3n) is 3.89. The third kappa shape index (κ3) is 2.37. The molecule has 0 saturated carbocycles. The standard InChI is InChI=1S/C14H20O2/c15-13(16)14(9-5-2-6-10-14)11-12-7-3-1-4-8-12/h1,3,5,9,12H,2,4,6-8,10-11H2,(H,15,16). The van der Waals surface area contributed by atoms with Gasteiger partial charge in [0.2, 0.25) is 0 Å². The molecule has 88 valence electrons. The predicted molar refractivity (Wildman–Crippen MR) is 64.2 cm³/mol. The summed E-state index contributed by atoms with van der Waals surface area (Å²) in [7, 11) is 0. The molecule has 0 aromatic heterocycles. The predicted octanol–water partition coefficient (Wildman–Crippen LogP) is 3.54. The van der Waals surface area contributed by atoms with Crippen LogP contribution in [0.4, 0.5) is 0 Å². The van der Waals surface area contributed by atoms with Crippen LogP contribution >= 0.6 is 0 Å². The van der Waals surface area contributed by atoms with Crippen LogP contribution in [-0.2, 0) is 4.79 Å². The molecule has 0 aromatic rings. The highest BCUT2D eigenvalue weighted by Crippen LogP contribution is 2.40. The van der Waals surface area contributed by atoms with Crippen LogP contribution in [0, 0.1) is 11.3 Å². The Labute approximate surface area is 97.0 Å². The van der Waals surface area contributed by atoms with Crippen LogP contribution in [-0.4, -0.2) is 11.1 Å². The lowest BCUT2D eigenvalue weighted by molar-refractivity contribution is -0.147. The minimum absolute atomic E-state index is 0.559. The quantitative estimate of drug-likeness (QED) is 0.738. The molecule has 0 spiro atoms. The molecule has 0 saturated heterocycles. The second kappa shape index (κ2) is 4.86. The Balaban J connectivity index is 2.07. The topological polar surface area (TPSA) is 37.3 Å². The van der Waals surface area contributed by atoms with Crippen molar-refractivity contribution in [2.24, 2.45) is 11.3 Å².